The van der Waals surface area contributed by atoms with Crippen LogP contribution in [0.25, 0.3) is 11.0 Å². The van der Waals surface area contributed by atoms with Crippen LogP contribution in [0.1, 0.15) is 17.7 Å². The molecule has 3 heterocycles. The standard InChI is InChI=1S/C13H11F6N3O4/c14-12(15,16)8-4-1-2-22(9(4)21-11(20-8)13(17,18)19)10-7(25)6(24)5(3-23)26-10/h1-2,5-7,10,23-25H,3H2/t5-,6-,7-,10-/m1/s1. The number of alkyl halides is 6. The molecule has 0 bridgehead atoms. The minimum Gasteiger partial charge on any atom is -0.394 e. The number of aliphatic hydroxyl groups excluding tert-OH is 3. The zero-order valence-electron chi connectivity index (χ0n) is 12.5. The van der Waals surface area contributed by atoms with Gasteiger partial charge in [-0.2, -0.15) is 26.3 Å². The van der Waals surface area contributed by atoms with Gasteiger partial charge in [-0.1, -0.05) is 0 Å². The third-order valence-corrected chi connectivity index (χ3v) is 3.89. The molecular formula is C13H11F6N3O4. The van der Waals surface area contributed by atoms with Gasteiger partial charge in [0.2, 0.25) is 5.82 Å². The third-order valence-electron chi connectivity index (χ3n) is 3.89. The highest BCUT2D eigenvalue weighted by Gasteiger charge is 2.46. The number of hydrogen-bond donors (Lipinski definition) is 3. The molecule has 0 amide bonds. The third kappa shape index (κ3) is 3.00. The largest absolute Gasteiger partial charge is 0.451 e. The molecule has 7 nitrogen and oxygen atoms in total. The van der Waals surface area contributed by atoms with E-state index < -0.39 is 66.1 Å². The van der Waals surface area contributed by atoms with Gasteiger partial charge in [0, 0.05) is 11.6 Å². The molecule has 4 atom stereocenters. The second kappa shape index (κ2) is 6.04. The first-order valence-corrected chi connectivity index (χ1v) is 7.10. The van der Waals surface area contributed by atoms with Crippen molar-refractivity contribution in [1.29, 1.82) is 0 Å². The van der Waals surface area contributed by atoms with Gasteiger partial charge in [0.05, 0.1) is 6.61 Å². The summed E-state index contributed by atoms with van der Waals surface area (Å²) in [7, 11) is 0. The van der Waals surface area contributed by atoms with Gasteiger partial charge in [-0.25, -0.2) is 9.97 Å². The first-order chi connectivity index (χ1) is 11.9. The number of ether oxygens (including phenoxy) is 1. The van der Waals surface area contributed by atoms with Crippen LogP contribution >= 0.6 is 0 Å². The van der Waals surface area contributed by atoms with E-state index in [9.17, 15) is 36.6 Å². The van der Waals surface area contributed by atoms with E-state index >= 15 is 0 Å². The molecular weight excluding hydrogens is 376 g/mol. The number of hydrogen-bond acceptors (Lipinski definition) is 6. The second-order valence-electron chi connectivity index (χ2n) is 5.58. The van der Waals surface area contributed by atoms with Gasteiger partial charge in [0.25, 0.3) is 0 Å². The monoisotopic (exact) mass is 387 g/mol. The van der Waals surface area contributed by atoms with Gasteiger partial charge in [-0.15, -0.1) is 0 Å². The van der Waals surface area contributed by atoms with Crippen molar-refractivity contribution < 1.29 is 46.4 Å². The number of rotatable bonds is 2. The van der Waals surface area contributed by atoms with Gasteiger partial charge < -0.3 is 24.6 Å². The first kappa shape index (κ1) is 18.8. The summed E-state index contributed by atoms with van der Waals surface area (Å²) in [5, 5.41) is 28.0. The Labute approximate surface area is 140 Å². The van der Waals surface area contributed by atoms with E-state index in [1.54, 1.807) is 0 Å². The van der Waals surface area contributed by atoms with Gasteiger partial charge >= 0.3 is 12.4 Å². The highest BCUT2D eigenvalue weighted by atomic mass is 19.4. The summed E-state index contributed by atoms with van der Waals surface area (Å²) in [5.41, 5.74) is -2.57. The molecule has 2 aromatic heterocycles. The summed E-state index contributed by atoms with van der Waals surface area (Å²) in [5.74, 6) is -2.01. The highest BCUT2D eigenvalue weighted by molar-refractivity contribution is 5.79. The average molecular weight is 387 g/mol. The summed E-state index contributed by atoms with van der Waals surface area (Å²) in [6.45, 7) is -0.718. The normalized spacial score (nSPS) is 27.4. The Bertz CT molecular complexity index is 821. The van der Waals surface area contributed by atoms with Crippen LogP contribution < -0.4 is 0 Å². The molecule has 1 aliphatic heterocycles. The Kier molecular flexibility index (Phi) is 4.37. The molecule has 3 N–H and O–H groups in total. The topological polar surface area (TPSA) is 101 Å². The average Bonchev–Trinajstić information content (AvgIpc) is 3.07. The van der Waals surface area contributed by atoms with Crippen molar-refractivity contribution in [3.05, 3.63) is 23.8 Å². The molecule has 2 aromatic rings. The lowest BCUT2D eigenvalue weighted by atomic mass is 10.1. The zero-order chi connectivity index (χ0) is 19.4. The molecule has 3 rings (SSSR count). The SMILES string of the molecule is OC[C@H]1O[C@@H](n2ccc3c(C(F)(F)F)nc(C(F)(F)F)nc32)[C@H](O)[C@@H]1O. The van der Waals surface area contributed by atoms with Crippen molar-refractivity contribution in [2.75, 3.05) is 6.61 Å². The van der Waals surface area contributed by atoms with E-state index in [4.69, 9.17) is 9.84 Å². The fourth-order valence-electron chi connectivity index (χ4n) is 2.69. The molecule has 0 aromatic carbocycles. The zero-order valence-corrected chi connectivity index (χ0v) is 12.5. The lowest BCUT2D eigenvalue weighted by Crippen LogP contribution is -2.33. The van der Waals surface area contributed by atoms with Crippen molar-refractivity contribution in [2.45, 2.75) is 36.9 Å². The van der Waals surface area contributed by atoms with Crippen LogP contribution in [0.15, 0.2) is 12.3 Å². The van der Waals surface area contributed by atoms with E-state index in [-0.39, 0.29) is 0 Å². The minimum atomic E-state index is -5.24. The van der Waals surface area contributed by atoms with Crippen LogP contribution in [0.3, 0.4) is 0 Å². The van der Waals surface area contributed by atoms with E-state index in [2.05, 4.69) is 9.97 Å². The van der Waals surface area contributed by atoms with E-state index in [0.717, 1.165) is 16.8 Å². The lowest BCUT2D eigenvalue weighted by molar-refractivity contribution is -0.151. The maximum atomic E-state index is 13.1. The predicted octanol–water partition coefficient (Wildman–Crippen LogP) is 1.08. The van der Waals surface area contributed by atoms with Crippen LogP contribution in [0.2, 0.25) is 0 Å². The molecule has 0 spiro atoms. The molecule has 26 heavy (non-hydrogen) atoms. The lowest BCUT2D eigenvalue weighted by Gasteiger charge is -2.18. The number of aromatic nitrogens is 3. The van der Waals surface area contributed by atoms with E-state index in [0.29, 0.717) is 0 Å². The van der Waals surface area contributed by atoms with E-state index in [1.165, 1.54) is 0 Å². The molecule has 13 heteroatoms. The molecule has 0 unspecified atom stereocenters. The first-order valence-electron chi connectivity index (χ1n) is 7.10. The van der Waals surface area contributed by atoms with E-state index in [1.807, 2.05) is 0 Å². The molecule has 1 aliphatic rings. The predicted molar refractivity (Wildman–Crippen MR) is 70.5 cm³/mol. The van der Waals surface area contributed by atoms with Crippen molar-refractivity contribution >= 4 is 11.0 Å². The minimum absolute atomic E-state index is 0.718. The highest BCUT2D eigenvalue weighted by Crippen LogP contribution is 2.38. The number of aliphatic hydroxyl groups is 3. The van der Waals surface area contributed by atoms with Crippen molar-refractivity contribution in [2.24, 2.45) is 0 Å². The summed E-state index contributed by atoms with van der Waals surface area (Å²) in [4.78, 5) is 5.71. The number of fused-ring (bicyclic) bond motifs is 1. The maximum Gasteiger partial charge on any atom is 0.451 e. The Balaban J connectivity index is 2.20. The molecule has 1 saturated heterocycles. The fourth-order valence-corrected chi connectivity index (χ4v) is 2.69. The Morgan fingerprint density at radius 2 is 1.69 bits per heavy atom. The molecule has 0 saturated carbocycles. The van der Waals surface area contributed by atoms with Crippen LogP contribution in [0.4, 0.5) is 26.3 Å². The molecule has 0 aliphatic carbocycles. The Morgan fingerprint density at radius 3 is 2.19 bits per heavy atom. The summed E-state index contributed by atoms with van der Waals surface area (Å²) in [6.07, 6.45) is -15.6. The summed E-state index contributed by atoms with van der Waals surface area (Å²) >= 11 is 0. The smallest absolute Gasteiger partial charge is 0.394 e. The second-order valence-corrected chi connectivity index (χ2v) is 5.58. The summed E-state index contributed by atoms with van der Waals surface area (Å²) in [6, 6.07) is 0.826. The van der Waals surface area contributed by atoms with Gasteiger partial charge in [-0.3, -0.25) is 0 Å². The van der Waals surface area contributed by atoms with Gasteiger partial charge in [-0.05, 0) is 6.07 Å². The van der Waals surface area contributed by atoms with Crippen LogP contribution in [0, 0.1) is 0 Å². The van der Waals surface area contributed by atoms with Crippen LogP contribution in [-0.2, 0) is 17.1 Å². The number of nitrogens with zero attached hydrogens (tertiary/aromatic N) is 3. The number of halogens is 6. The van der Waals surface area contributed by atoms with Crippen LogP contribution in [-0.4, -0.2) is 54.8 Å². The maximum absolute atomic E-state index is 13.1. The Hall–Kier alpha value is -1.96. The quantitative estimate of drug-likeness (QED) is 0.667. The Morgan fingerprint density at radius 1 is 1.04 bits per heavy atom. The van der Waals surface area contributed by atoms with Crippen molar-refractivity contribution in [3.63, 3.8) is 0 Å². The molecule has 144 valence electrons. The van der Waals surface area contributed by atoms with Crippen LogP contribution in [0.5, 0.6) is 0 Å². The molecule has 1 fully saturated rings. The van der Waals surface area contributed by atoms with Crippen molar-refractivity contribution in [1.82, 2.24) is 14.5 Å². The van der Waals surface area contributed by atoms with Gasteiger partial charge in [0.15, 0.2) is 11.9 Å². The van der Waals surface area contributed by atoms with Crippen molar-refractivity contribution in [3.8, 4) is 0 Å². The summed E-state index contributed by atoms with van der Waals surface area (Å²) < 4.78 is 83.9. The molecule has 0 radical (unpaired) electrons. The fraction of sp³-hybridized carbons (Fsp3) is 0.538. The van der Waals surface area contributed by atoms with Gasteiger partial charge in [0.1, 0.15) is 24.0 Å².